The topological polar surface area (TPSA) is 121 Å². The highest BCUT2D eigenvalue weighted by Gasteiger charge is 2.13. The van der Waals surface area contributed by atoms with Crippen molar-refractivity contribution in [1.29, 1.82) is 5.41 Å². The zero-order valence-corrected chi connectivity index (χ0v) is 12.4. The Morgan fingerprint density at radius 2 is 2.08 bits per heavy atom. The zero-order chi connectivity index (χ0) is 16.7. The molecule has 0 atom stereocenters. The molecule has 0 aliphatic carbocycles. The van der Waals surface area contributed by atoms with Crippen molar-refractivity contribution in [2.75, 3.05) is 5.73 Å². The van der Waals surface area contributed by atoms with Crippen LogP contribution in [0.3, 0.4) is 0 Å². The molecule has 1 aromatic carbocycles. The first-order valence-electron chi connectivity index (χ1n) is 7.19. The van der Waals surface area contributed by atoms with Crippen LogP contribution in [0.5, 0.6) is 0 Å². The molecule has 0 aliphatic heterocycles. The maximum atomic E-state index is 8.86. The summed E-state index contributed by atoms with van der Waals surface area (Å²) in [6.45, 7) is 0. The van der Waals surface area contributed by atoms with E-state index in [1.807, 2.05) is 23.7 Å². The van der Waals surface area contributed by atoms with Crippen molar-refractivity contribution >= 4 is 33.5 Å². The summed E-state index contributed by atoms with van der Waals surface area (Å²) in [5, 5.41) is 18.2. The van der Waals surface area contributed by atoms with Crippen molar-refractivity contribution in [3.05, 3.63) is 54.4 Å². The first-order chi connectivity index (χ1) is 11.7. The van der Waals surface area contributed by atoms with Crippen molar-refractivity contribution in [2.45, 2.75) is 0 Å². The molecule has 0 saturated heterocycles. The van der Waals surface area contributed by atoms with Gasteiger partial charge < -0.3 is 10.2 Å². The number of hydrogen-bond acceptors (Lipinski definition) is 6. The summed E-state index contributed by atoms with van der Waals surface area (Å²) in [6.07, 6.45) is 3.33. The highest BCUT2D eigenvalue weighted by atomic mass is 16.5. The van der Waals surface area contributed by atoms with Gasteiger partial charge in [0.1, 0.15) is 28.5 Å². The number of aromatic nitrogens is 2. The fourth-order valence-electron chi connectivity index (χ4n) is 2.68. The van der Waals surface area contributed by atoms with Crippen LogP contribution < -0.4 is 11.2 Å². The minimum atomic E-state index is -0.0801. The number of amidine groups is 1. The molecule has 3 aromatic heterocycles. The number of nitrogens with one attached hydrogen (secondary N) is 2. The van der Waals surface area contributed by atoms with Gasteiger partial charge in [-0.2, -0.15) is 0 Å². The maximum absolute atomic E-state index is 8.86. The summed E-state index contributed by atoms with van der Waals surface area (Å²) in [5.74, 6) is 0.926. The van der Waals surface area contributed by atoms with Gasteiger partial charge in [0.2, 0.25) is 0 Å². The molecular formula is C17H13N5O2. The molecule has 3 heterocycles. The molecule has 0 saturated carbocycles. The quantitative estimate of drug-likeness (QED) is 0.256. The molecule has 5 N–H and O–H groups in total. The largest absolute Gasteiger partial charge is 0.456 e. The van der Waals surface area contributed by atoms with Gasteiger partial charge in [0.15, 0.2) is 0 Å². The van der Waals surface area contributed by atoms with Crippen LogP contribution in [0.2, 0.25) is 0 Å². The van der Waals surface area contributed by atoms with Crippen molar-refractivity contribution in [1.82, 2.24) is 15.4 Å². The van der Waals surface area contributed by atoms with Crippen LogP contribution in [0, 0.1) is 5.41 Å². The van der Waals surface area contributed by atoms with Gasteiger partial charge in [-0.1, -0.05) is 6.07 Å². The molecule has 0 aliphatic rings. The van der Waals surface area contributed by atoms with Gasteiger partial charge in [0, 0.05) is 34.3 Å². The van der Waals surface area contributed by atoms with Crippen molar-refractivity contribution in [2.24, 2.45) is 0 Å². The molecular weight excluding hydrogens is 306 g/mol. The molecule has 4 rings (SSSR count). The van der Waals surface area contributed by atoms with Crippen LogP contribution in [-0.2, 0) is 0 Å². The third-order valence-corrected chi connectivity index (χ3v) is 3.86. The predicted molar refractivity (Wildman–Crippen MR) is 90.9 cm³/mol. The average molecular weight is 319 g/mol. The number of rotatable bonds is 2. The summed E-state index contributed by atoms with van der Waals surface area (Å²) in [7, 11) is 0. The molecule has 118 valence electrons. The van der Waals surface area contributed by atoms with Crippen LogP contribution in [0.1, 0.15) is 5.56 Å². The standard InChI is InChI=1S/C17H13N5O2/c18-16(22-23)9-3-4-13-10(6-9)7-14(24-13)12-8-21-17(19)15-11(12)2-1-5-20-15/h1-8,23H,(H2,18,22)(H2,19,21). The fourth-order valence-corrected chi connectivity index (χ4v) is 2.68. The van der Waals surface area contributed by atoms with Crippen LogP contribution >= 0.6 is 0 Å². The monoisotopic (exact) mass is 319 g/mol. The summed E-state index contributed by atoms with van der Waals surface area (Å²) >= 11 is 0. The van der Waals surface area contributed by atoms with Gasteiger partial charge in [0.25, 0.3) is 0 Å². The minimum Gasteiger partial charge on any atom is -0.456 e. The Balaban J connectivity index is 1.91. The Bertz CT molecular complexity index is 1090. The van der Waals surface area contributed by atoms with E-state index >= 15 is 0 Å². The zero-order valence-electron chi connectivity index (χ0n) is 12.4. The number of fused-ring (bicyclic) bond motifs is 2. The number of nitrogens with zero attached hydrogens (tertiary/aromatic N) is 2. The third-order valence-electron chi connectivity index (χ3n) is 3.86. The second kappa shape index (κ2) is 5.32. The number of nitrogen functional groups attached to an aromatic ring is 1. The van der Waals surface area contributed by atoms with Crippen LogP contribution in [-0.4, -0.2) is 21.0 Å². The van der Waals surface area contributed by atoms with Gasteiger partial charge in [-0.05, 0) is 30.3 Å². The molecule has 0 radical (unpaired) electrons. The molecule has 0 unspecified atom stereocenters. The minimum absolute atomic E-state index is 0.0801. The van der Waals surface area contributed by atoms with E-state index in [2.05, 4.69) is 9.97 Å². The Morgan fingerprint density at radius 1 is 1.21 bits per heavy atom. The van der Waals surface area contributed by atoms with E-state index in [1.165, 1.54) is 0 Å². The Kier molecular flexibility index (Phi) is 3.14. The number of furan rings is 1. The molecule has 0 spiro atoms. The molecule has 0 bridgehead atoms. The second-order valence-corrected chi connectivity index (χ2v) is 5.31. The Hall–Kier alpha value is -3.45. The molecule has 4 aromatic rings. The van der Waals surface area contributed by atoms with E-state index in [1.54, 1.807) is 30.6 Å². The van der Waals surface area contributed by atoms with Crippen LogP contribution in [0.25, 0.3) is 33.2 Å². The highest BCUT2D eigenvalue weighted by molar-refractivity contribution is 6.01. The Labute approximate surface area is 136 Å². The van der Waals surface area contributed by atoms with Gasteiger partial charge in [-0.3, -0.25) is 21.1 Å². The van der Waals surface area contributed by atoms with E-state index in [-0.39, 0.29) is 5.84 Å². The summed E-state index contributed by atoms with van der Waals surface area (Å²) in [4.78, 5) is 8.47. The lowest BCUT2D eigenvalue weighted by molar-refractivity contribution is 0.234. The summed E-state index contributed by atoms with van der Waals surface area (Å²) < 4.78 is 5.91. The van der Waals surface area contributed by atoms with E-state index < -0.39 is 0 Å². The highest BCUT2D eigenvalue weighted by Crippen LogP contribution is 2.33. The number of nitrogens with two attached hydrogens (primary N) is 1. The molecule has 7 nitrogen and oxygen atoms in total. The molecule has 7 heteroatoms. The second-order valence-electron chi connectivity index (χ2n) is 5.31. The number of benzene rings is 1. The lowest BCUT2D eigenvalue weighted by Crippen LogP contribution is -2.18. The number of anilines is 1. The van der Waals surface area contributed by atoms with Crippen LogP contribution in [0.15, 0.2) is 53.2 Å². The first-order valence-corrected chi connectivity index (χ1v) is 7.19. The predicted octanol–water partition coefficient (Wildman–Crippen LogP) is 2.93. The van der Waals surface area contributed by atoms with Crippen LogP contribution in [0.4, 0.5) is 5.82 Å². The van der Waals surface area contributed by atoms with Crippen molar-refractivity contribution in [3.63, 3.8) is 0 Å². The molecule has 0 amide bonds. The van der Waals surface area contributed by atoms with Gasteiger partial charge in [-0.25, -0.2) is 4.98 Å². The van der Waals surface area contributed by atoms with E-state index in [0.29, 0.717) is 28.2 Å². The normalized spacial score (nSPS) is 11.0. The maximum Gasteiger partial charge on any atom is 0.149 e. The van der Waals surface area contributed by atoms with Crippen molar-refractivity contribution < 1.29 is 9.62 Å². The summed E-state index contributed by atoms with van der Waals surface area (Å²) in [6, 6.07) is 10.8. The lowest BCUT2D eigenvalue weighted by atomic mass is 10.1. The molecule has 0 fully saturated rings. The van der Waals surface area contributed by atoms with E-state index in [9.17, 15) is 0 Å². The SMILES string of the molecule is N=C(NO)c1ccc2oc(-c3cnc(N)c4ncccc34)cc2c1. The number of hydroxylamine groups is 1. The van der Waals surface area contributed by atoms with E-state index in [0.717, 1.165) is 16.3 Å². The third kappa shape index (κ3) is 2.15. The van der Waals surface area contributed by atoms with Gasteiger partial charge in [-0.15, -0.1) is 0 Å². The van der Waals surface area contributed by atoms with Crippen molar-refractivity contribution in [3.8, 4) is 11.3 Å². The Morgan fingerprint density at radius 3 is 2.92 bits per heavy atom. The average Bonchev–Trinajstić information content (AvgIpc) is 3.04. The summed E-state index contributed by atoms with van der Waals surface area (Å²) in [5.41, 5.74) is 10.4. The molecule has 24 heavy (non-hydrogen) atoms. The van der Waals surface area contributed by atoms with Gasteiger partial charge in [0.05, 0.1) is 0 Å². The van der Waals surface area contributed by atoms with Gasteiger partial charge >= 0.3 is 0 Å². The first kappa shape index (κ1) is 14.2. The number of pyridine rings is 2. The lowest BCUT2D eigenvalue weighted by Gasteiger charge is -2.04. The van der Waals surface area contributed by atoms with E-state index in [4.69, 9.17) is 20.8 Å². The smallest absolute Gasteiger partial charge is 0.149 e. The fraction of sp³-hybridized carbons (Fsp3) is 0. The number of hydrogen-bond donors (Lipinski definition) is 4.